The van der Waals surface area contributed by atoms with Gasteiger partial charge in [0.05, 0.1) is 11.8 Å². The average molecular weight is 460 g/mol. The fourth-order valence-corrected chi connectivity index (χ4v) is 2.87. The molecule has 1 aromatic carbocycles. The zero-order valence-electron chi connectivity index (χ0n) is 16.9. The van der Waals surface area contributed by atoms with Gasteiger partial charge >= 0.3 is 6.03 Å². The highest BCUT2D eigenvalue weighted by atomic mass is 35.5. The predicted octanol–water partition coefficient (Wildman–Crippen LogP) is 2.03. The summed E-state index contributed by atoms with van der Waals surface area (Å²) in [6.45, 7) is 3.73. The molecule has 30 heavy (non-hydrogen) atoms. The van der Waals surface area contributed by atoms with E-state index >= 15 is 0 Å². The smallest absolute Gasteiger partial charge is 0.341 e. The molecule has 0 heterocycles. The van der Waals surface area contributed by atoms with E-state index in [-0.39, 0.29) is 43.1 Å². The zero-order chi connectivity index (χ0) is 22.5. The first-order valence-corrected chi connectivity index (χ1v) is 10.6. The van der Waals surface area contributed by atoms with Gasteiger partial charge in [-0.25, -0.2) is 4.79 Å². The van der Waals surface area contributed by atoms with Crippen LogP contribution in [0.5, 0.6) is 0 Å². The molecule has 0 saturated carbocycles. The average Bonchev–Trinajstić information content (AvgIpc) is 2.73. The van der Waals surface area contributed by atoms with Gasteiger partial charge in [-0.3, -0.25) is 9.59 Å². The van der Waals surface area contributed by atoms with Crippen LogP contribution in [0, 0.1) is 10.8 Å². The topological polar surface area (TPSA) is 120 Å². The normalized spacial score (nSPS) is 12.6. The summed E-state index contributed by atoms with van der Waals surface area (Å²) in [6.07, 6.45) is 0.153. The summed E-state index contributed by atoms with van der Waals surface area (Å²) in [4.78, 5) is 48.6. The van der Waals surface area contributed by atoms with Crippen LogP contribution in [0.1, 0.15) is 19.4 Å². The Morgan fingerprint density at radius 2 is 1.70 bits per heavy atom. The Kier molecular flexibility index (Phi) is 11.8. The molecule has 11 heteroatoms. The first-order chi connectivity index (χ1) is 14.3. The fraction of sp³-hybridized carbons (Fsp3) is 0.526. The van der Waals surface area contributed by atoms with Gasteiger partial charge in [-0.15, -0.1) is 28.1 Å². The Bertz CT molecular complexity index is 705. The number of hydrogen-bond acceptors (Lipinski definition) is 5. The van der Waals surface area contributed by atoms with Crippen LogP contribution in [-0.4, -0.2) is 59.8 Å². The van der Waals surface area contributed by atoms with Crippen LogP contribution < -0.4 is 16.0 Å². The van der Waals surface area contributed by atoms with Crippen molar-refractivity contribution in [2.24, 2.45) is 11.2 Å². The summed E-state index contributed by atoms with van der Waals surface area (Å²) in [7, 11) is 0. The third-order valence-electron chi connectivity index (χ3n) is 4.17. The molecule has 1 rings (SSSR count). The molecule has 166 valence electrons. The van der Waals surface area contributed by atoms with E-state index in [0.29, 0.717) is 5.01 Å². The van der Waals surface area contributed by atoms with E-state index < -0.39 is 24.0 Å². The number of alkyl halides is 2. The van der Waals surface area contributed by atoms with E-state index in [0.717, 1.165) is 5.56 Å². The second-order valence-corrected chi connectivity index (χ2v) is 7.55. The quantitative estimate of drug-likeness (QED) is 0.251. The lowest BCUT2D eigenvalue weighted by molar-refractivity contribution is -0.130. The second-order valence-electron chi connectivity index (χ2n) is 6.80. The highest BCUT2D eigenvalue weighted by Crippen LogP contribution is 2.08. The Morgan fingerprint density at radius 1 is 1.03 bits per heavy atom. The molecule has 1 aromatic rings. The predicted molar refractivity (Wildman–Crippen MR) is 116 cm³/mol. The minimum Gasteiger partial charge on any atom is -0.353 e. The number of rotatable bonds is 12. The van der Waals surface area contributed by atoms with Crippen molar-refractivity contribution in [1.82, 2.24) is 21.0 Å². The molecular formula is C19H27Cl2N5O4. The summed E-state index contributed by atoms with van der Waals surface area (Å²) in [5.41, 5.74) is 0.786. The summed E-state index contributed by atoms with van der Waals surface area (Å²) in [5.74, 6) is -0.899. The van der Waals surface area contributed by atoms with Gasteiger partial charge in [-0.05, 0) is 11.5 Å². The summed E-state index contributed by atoms with van der Waals surface area (Å²) < 4.78 is 0. The first-order valence-electron chi connectivity index (χ1n) is 9.49. The van der Waals surface area contributed by atoms with Gasteiger partial charge in [0, 0.05) is 24.7 Å². The third kappa shape index (κ3) is 8.54. The van der Waals surface area contributed by atoms with Gasteiger partial charge in [-0.2, -0.15) is 5.01 Å². The zero-order valence-corrected chi connectivity index (χ0v) is 18.4. The van der Waals surface area contributed by atoms with Gasteiger partial charge in [0.1, 0.15) is 12.1 Å². The highest BCUT2D eigenvalue weighted by molar-refractivity contribution is 6.18. The van der Waals surface area contributed by atoms with E-state index in [2.05, 4.69) is 21.2 Å². The maximum Gasteiger partial charge on any atom is 0.341 e. The van der Waals surface area contributed by atoms with Crippen molar-refractivity contribution in [1.29, 1.82) is 0 Å². The van der Waals surface area contributed by atoms with Crippen LogP contribution in [0.2, 0.25) is 0 Å². The maximum absolute atomic E-state index is 13.0. The number of halogens is 2. The number of carbonyl (C=O) groups is 3. The molecule has 0 unspecified atom stereocenters. The van der Waals surface area contributed by atoms with E-state index in [4.69, 9.17) is 23.2 Å². The van der Waals surface area contributed by atoms with Crippen LogP contribution in [-0.2, 0) is 16.0 Å². The first kappa shape index (κ1) is 25.6. The highest BCUT2D eigenvalue weighted by Gasteiger charge is 2.30. The van der Waals surface area contributed by atoms with Crippen LogP contribution >= 0.6 is 23.2 Å². The van der Waals surface area contributed by atoms with Crippen LogP contribution in [0.15, 0.2) is 35.6 Å². The lowest BCUT2D eigenvalue weighted by Crippen LogP contribution is -2.57. The molecule has 0 aliphatic heterocycles. The van der Waals surface area contributed by atoms with Gasteiger partial charge in [-0.1, -0.05) is 44.2 Å². The van der Waals surface area contributed by atoms with Gasteiger partial charge in [0.2, 0.25) is 11.8 Å². The number of benzene rings is 1. The monoisotopic (exact) mass is 459 g/mol. The SMILES string of the molecule is CC(C)[C@H](NC(=O)[C@H](Cc1ccccc1)NC(=O)N(CCCl)N=O)C(=O)NCCCl. The largest absolute Gasteiger partial charge is 0.353 e. The Balaban J connectivity index is 3.00. The lowest BCUT2D eigenvalue weighted by atomic mass is 10.0. The van der Waals surface area contributed by atoms with E-state index in [1.165, 1.54) is 0 Å². The molecule has 0 aromatic heterocycles. The van der Waals surface area contributed by atoms with E-state index in [1.54, 1.807) is 38.1 Å². The molecule has 9 nitrogen and oxygen atoms in total. The Labute approximate surface area is 185 Å². The molecule has 0 aliphatic rings. The fourth-order valence-electron chi connectivity index (χ4n) is 2.61. The second kappa shape index (κ2) is 13.8. The maximum atomic E-state index is 13.0. The molecule has 0 bridgehead atoms. The summed E-state index contributed by atoms with van der Waals surface area (Å²) >= 11 is 11.2. The van der Waals surface area contributed by atoms with Gasteiger partial charge in [0.15, 0.2) is 0 Å². The third-order valence-corrected chi connectivity index (χ3v) is 4.52. The number of nitrogens with one attached hydrogen (secondary N) is 3. The molecule has 0 radical (unpaired) electrons. The number of nitrogens with zero attached hydrogens (tertiary/aromatic N) is 2. The molecule has 3 N–H and O–H groups in total. The van der Waals surface area contributed by atoms with Crippen molar-refractivity contribution in [3.8, 4) is 0 Å². The molecule has 2 atom stereocenters. The number of urea groups is 1. The minimum atomic E-state index is -1.04. The molecular weight excluding hydrogens is 433 g/mol. The summed E-state index contributed by atoms with van der Waals surface area (Å²) in [5, 5.41) is 11.0. The molecule has 0 spiro atoms. The van der Waals surface area contributed by atoms with Crippen molar-refractivity contribution < 1.29 is 14.4 Å². The molecule has 0 saturated heterocycles. The van der Waals surface area contributed by atoms with Crippen LogP contribution in [0.25, 0.3) is 0 Å². The molecule has 0 aliphatic carbocycles. The summed E-state index contributed by atoms with van der Waals surface area (Å²) in [6, 6.07) is 6.31. The Morgan fingerprint density at radius 3 is 2.23 bits per heavy atom. The van der Waals surface area contributed by atoms with E-state index in [9.17, 15) is 19.3 Å². The van der Waals surface area contributed by atoms with E-state index in [1.807, 2.05) is 6.07 Å². The Hall–Kier alpha value is -2.39. The van der Waals surface area contributed by atoms with Gasteiger partial charge < -0.3 is 16.0 Å². The van der Waals surface area contributed by atoms with Crippen molar-refractivity contribution in [3.05, 3.63) is 40.8 Å². The number of hydrogen-bond donors (Lipinski definition) is 3. The van der Waals surface area contributed by atoms with Crippen molar-refractivity contribution in [2.45, 2.75) is 32.4 Å². The minimum absolute atomic E-state index is 0.00484. The van der Waals surface area contributed by atoms with Crippen LogP contribution in [0.4, 0.5) is 4.79 Å². The number of amides is 4. The van der Waals surface area contributed by atoms with Crippen molar-refractivity contribution in [2.75, 3.05) is 24.8 Å². The number of nitroso groups, excluding NO2 is 1. The van der Waals surface area contributed by atoms with Crippen LogP contribution in [0.3, 0.4) is 0 Å². The van der Waals surface area contributed by atoms with Crippen molar-refractivity contribution in [3.63, 3.8) is 0 Å². The number of carbonyl (C=O) groups excluding carboxylic acids is 3. The standard InChI is InChI=1S/C19H27Cl2N5O4/c1-13(2)16(18(28)22-10-8-20)24-17(27)15(12-14-6-4-3-5-7-14)23-19(29)26(25-30)11-9-21/h3-7,13,15-16H,8-12H2,1-2H3,(H,22,28)(H,23,29)(H,24,27)/t15-,16-/m0/s1. The lowest BCUT2D eigenvalue weighted by Gasteiger charge is -2.26. The van der Waals surface area contributed by atoms with Gasteiger partial charge in [0.25, 0.3) is 0 Å². The molecule has 0 fully saturated rings. The molecule has 4 amide bonds. The van der Waals surface area contributed by atoms with Crippen molar-refractivity contribution >= 4 is 41.0 Å².